The fourth-order valence-electron chi connectivity index (χ4n) is 2.72. The van der Waals surface area contributed by atoms with E-state index in [1.807, 2.05) is 61.7 Å². The van der Waals surface area contributed by atoms with E-state index in [0.717, 1.165) is 28.1 Å². The van der Waals surface area contributed by atoms with Gasteiger partial charge in [0, 0.05) is 11.8 Å². The highest BCUT2D eigenvalue weighted by molar-refractivity contribution is 6.69. The van der Waals surface area contributed by atoms with Gasteiger partial charge in [0.15, 0.2) is 14.1 Å². The van der Waals surface area contributed by atoms with Crippen molar-refractivity contribution in [3.05, 3.63) is 77.5 Å². The molecule has 0 aliphatic heterocycles. The van der Waals surface area contributed by atoms with Crippen LogP contribution in [0.3, 0.4) is 0 Å². The van der Waals surface area contributed by atoms with Crippen LogP contribution in [0.5, 0.6) is 0 Å². The lowest BCUT2D eigenvalue weighted by Gasteiger charge is -2.21. The second kappa shape index (κ2) is 8.46. The molecule has 0 fully saturated rings. The van der Waals surface area contributed by atoms with E-state index >= 15 is 0 Å². The maximum absolute atomic E-state index is 6.15. The normalized spacial score (nSPS) is 13.2. The van der Waals surface area contributed by atoms with Crippen molar-refractivity contribution in [3.63, 3.8) is 0 Å². The largest absolute Gasteiger partial charge is 0.415 e. The predicted octanol–water partition coefficient (Wildman–Crippen LogP) is 5.66. The summed E-state index contributed by atoms with van der Waals surface area (Å²) < 4.78 is 11.7. The molecule has 5 heteroatoms. The number of aliphatic imine (C=N–C) groups is 1. The second-order valence-electron chi connectivity index (χ2n) is 7.50. The monoisotopic (exact) mass is 378 g/mol. The summed E-state index contributed by atoms with van der Waals surface area (Å²) in [5.41, 5.74) is 3.88. The second-order valence-corrected chi connectivity index (χ2v) is 12.0. The van der Waals surface area contributed by atoms with Gasteiger partial charge in [-0.15, -0.1) is 0 Å². The highest BCUT2D eigenvalue weighted by atomic mass is 28.4. The molecule has 0 aliphatic rings. The molecule has 0 radical (unpaired) electrons. The predicted molar refractivity (Wildman–Crippen MR) is 113 cm³/mol. The van der Waals surface area contributed by atoms with Crippen molar-refractivity contribution in [2.24, 2.45) is 4.99 Å². The average Bonchev–Trinajstić information content (AvgIpc) is 3.03. The van der Waals surface area contributed by atoms with E-state index in [0.29, 0.717) is 6.61 Å². The maximum Gasteiger partial charge on any atom is 0.183 e. The molecule has 3 aromatic rings. The summed E-state index contributed by atoms with van der Waals surface area (Å²) in [6.07, 6.45) is 1.87. The number of hydrogen-bond acceptors (Lipinski definition) is 4. The van der Waals surface area contributed by atoms with Crippen LogP contribution in [0.1, 0.15) is 22.9 Å². The van der Waals surface area contributed by atoms with E-state index in [1.54, 1.807) is 0 Å². The van der Waals surface area contributed by atoms with Crippen LogP contribution in [-0.2, 0) is 4.43 Å². The van der Waals surface area contributed by atoms with Gasteiger partial charge in [-0.1, -0.05) is 65.8 Å². The van der Waals surface area contributed by atoms with Crippen LogP contribution in [0.15, 0.2) is 70.2 Å². The molecule has 1 aromatic heterocycles. The minimum atomic E-state index is -1.63. The summed E-state index contributed by atoms with van der Waals surface area (Å²) in [7, 11) is -1.63. The van der Waals surface area contributed by atoms with Gasteiger partial charge in [0.25, 0.3) is 0 Å². The van der Waals surface area contributed by atoms with Gasteiger partial charge in [-0.3, -0.25) is 4.99 Å². The topological polar surface area (TPSA) is 47.6 Å². The molecule has 0 bridgehead atoms. The third kappa shape index (κ3) is 5.25. The number of nitrogens with zero attached hydrogens (tertiary/aromatic N) is 2. The van der Waals surface area contributed by atoms with Crippen molar-refractivity contribution in [2.75, 3.05) is 6.61 Å². The maximum atomic E-state index is 6.15. The van der Waals surface area contributed by atoms with Crippen molar-refractivity contribution >= 4 is 14.5 Å². The first-order valence-electron chi connectivity index (χ1n) is 9.18. The Balaban J connectivity index is 1.90. The van der Waals surface area contributed by atoms with Crippen LogP contribution in [0, 0.1) is 6.92 Å². The van der Waals surface area contributed by atoms with Crippen molar-refractivity contribution in [2.45, 2.75) is 32.6 Å². The average molecular weight is 379 g/mol. The number of aryl methyl sites for hydroxylation is 1. The van der Waals surface area contributed by atoms with Crippen molar-refractivity contribution in [3.8, 4) is 11.3 Å². The number of aromatic nitrogens is 1. The van der Waals surface area contributed by atoms with E-state index in [1.165, 1.54) is 0 Å². The Morgan fingerprint density at radius 3 is 2.30 bits per heavy atom. The fraction of sp³-hybridized carbons (Fsp3) is 0.273. The summed E-state index contributed by atoms with van der Waals surface area (Å²) >= 11 is 0. The summed E-state index contributed by atoms with van der Waals surface area (Å²) in [4.78, 5) is 4.86. The summed E-state index contributed by atoms with van der Waals surface area (Å²) in [5.74, 6) is 0.745. The van der Waals surface area contributed by atoms with Gasteiger partial charge in [-0.2, -0.15) is 0 Å². The van der Waals surface area contributed by atoms with Crippen LogP contribution < -0.4 is 0 Å². The molecule has 0 saturated carbocycles. The van der Waals surface area contributed by atoms with Crippen LogP contribution in [0.2, 0.25) is 19.6 Å². The van der Waals surface area contributed by atoms with Crippen LogP contribution >= 0.6 is 0 Å². The molecule has 27 heavy (non-hydrogen) atoms. The van der Waals surface area contributed by atoms with Gasteiger partial charge < -0.3 is 8.95 Å². The van der Waals surface area contributed by atoms with Gasteiger partial charge in [-0.05, 0) is 32.1 Å². The van der Waals surface area contributed by atoms with Crippen molar-refractivity contribution < 1.29 is 8.95 Å². The molecule has 0 spiro atoms. The molecule has 0 amide bonds. The standard InChI is InChI=1S/C22H26N2O2Si/c1-17-20(22(26-24-17)19-13-9-6-10-14-19)15-23-21(16-25-27(2,3)4)18-11-7-5-8-12-18/h5-15,21H,16H2,1-4H3/b23-15+/t21-/m1/s1. The Kier molecular flexibility index (Phi) is 6.03. The first-order chi connectivity index (χ1) is 12.9. The minimum absolute atomic E-state index is 0.0594. The highest BCUT2D eigenvalue weighted by Crippen LogP contribution is 2.26. The molecule has 2 aromatic carbocycles. The quantitative estimate of drug-likeness (QED) is 0.393. The lowest BCUT2D eigenvalue weighted by Crippen LogP contribution is -2.27. The summed E-state index contributed by atoms with van der Waals surface area (Å²) in [6, 6.07) is 20.2. The van der Waals surface area contributed by atoms with E-state index in [-0.39, 0.29) is 6.04 Å². The zero-order valence-electron chi connectivity index (χ0n) is 16.3. The summed E-state index contributed by atoms with van der Waals surface area (Å²) in [6.45, 7) is 9.08. The van der Waals surface area contributed by atoms with E-state index < -0.39 is 8.32 Å². The number of benzene rings is 2. The van der Waals surface area contributed by atoms with E-state index in [4.69, 9.17) is 13.9 Å². The molecule has 0 N–H and O–H groups in total. The smallest absolute Gasteiger partial charge is 0.183 e. The Morgan fingerprint density at radius 2 is 1.67 bits per heavy atom. The first-order valence-corrected chi connectivity index (χ1v) is 12.6. The van der Waals surface area contributed by atoms with Crippen LogP contribution in [0.25, 0.3) is 11.3 Å². The molecule has 140 valence electrons. The number of rotatable bonds is 7. The van der Waals surface area contributed by atoms with Crippen LogP contribution in [-0.4, -0.2) is 26.3 Å². The Labute approximate surface area is 162 Å². The molecule has 4 nitrogen and oxygen atoms in total. The third-order valence-electron chi connectivity index (χ3n) is 4.19. The van der Waals surface area contributed by atoms with E-state index in [2.05, 4.69) is 36.9 Å². The van der Waals surface area contributed by atoms with Gasteiger partial charge in [0.1, 0.15) is 0 Å². The number of hydrogen-bond donors (Lipinski definition) is 0. The Morgan fingerprint density at radius 1 is 1.04 bits per heavy atom. The first kappa shape index (κ1) is 19.3. The zero-order valence-corrected chi connectivity index (χ0v) is 17.3. The lowest BCUT2D eigenvalue weighted by molar-refractivity contribution is 0.285. The zero-order chi connectivity index (χ0) is 19.3. The molecule has 0 aliphatic carbocycles. The molecular formula is C22H26N2O2Si. The van der Waals surface area contributed by atoms with Crippen LogP contribution in [0.4, 0.5) is 0 Å². The minimum Gasteiger partial charge on any atom is -0.415 e. The van der Waals surface area contributed by atoms with Crippen molar-refractivity contribution in [1.29, 1.82) is 0 Å². The van der Waals surface area contributed by atoms with E-state index in [9.17, 15) is 0 Å². The Hall–Kier alpha value is -2.50. The lowest BCUT2D eigenvalue weighted by atomic mass is 10.1. The fourth-order valence-corrected chi connectivity index (χ4v) is 3.38. The molecule has 3 rings (SSSR count). The van der Waals surface area contributed by atoms with Gasteiger partial charge in [0.2, 0.25) is 0 Å². The molecule has 0 unspecified atom stereocenters. The highest BCUT2D eigenvalue weighted by Gasteiger charge is 2.19. The molecule has 1 atom stereocenters. The molecular weight excluding hydrogens is 352 g/mol. The molecule has 0 saturated heterocycles. The summed E-state index contributed by atoms with van der Waals surface area (Å²) in [5, 5.41) is 4.14. The van der Waals surface area contributed by atoms with Gasteiger partial charge in [0.05, 0.1) is 23.9 Å². The SMILES string of the molecule is Cc1noc(-c2ccccc2)c1/C=N/[C@H](CO[Si](C)(C)C)c1ccccc1. The Bertz CT molecular complexity index is 884. The van der Waals surface area contributed by atoms with Gasteiger partial charge in [-0.25, -0.2) is 0 Å². The third-order valence-corrected chi connectivity index (χ3v) is 5.22. The molecule has 1 heterocycles. The van der Waals surface area contributed by atoms with Crippen molar-refractivity contribution in [1.82, 2.24) is 5.16 Å². The van der Waals surface area contributed by atoms with Gasteiger partial charge >= 0.3 is 0 Å².